The van der Waals surface area contributed by atoms with Crippen LogP contribution in [0.2, 0.25) is 0 Å². The monoisotopic (exact) mass is 230 g/mol. The molecule has 1 aromatic heterocycles. The molecule has 1 aromatic carbocycles. The van der Waals surface area contributed by atoms with Gasteiger partial charge in [0.1, 0.15) is 11.8 Å². The van der Waals surface area contributed by atoms with E-state index >= 15 is 0 Å². The molecule has 0 aliphatic carbocycles. The third kappa shape index (κ3) is 2.76. The van der Waals surface area contributed by atoms with E-state index in [4.69, 9.17) is 4.42 Å². The van der Waals surface area contributed by atoms with Crippen LogP contribution in [-0.2, 0) is 0 Å². The first-order chi connectivity index (χ1) is 8.18. The maximum absolute atomic E-state index is 12.0. The second-order valence-corrected chi connectivity index (χ2v) is 4.85. The first kappa shape index (κ1) is 11.9. The normalized spacial score (nSPS) is 11.2. The van der Waals surface area contributed by atoms with E-state index in [2.05, 4.69) is 13.8 Å². The van der Waals surface area contributed by atoms with E-state index in [1.807, 2.05) is 24.3 Å². The van der Waals surface area contributed by atoms with Crippen molar-refractivity contribution in [3.63, 3.8) is 0 Å². The van der Waals surface area contributed by atoms with Crippen molar-refractivity contribution < 1.29 is 9.21 Å². The number of carbonyl (C=O) groups excluding carboxylic acids is 1. The Morgan fingerprint density at radius 2 is 2.06 bits per heavy atom. The highest BCUT2D eigenvalue weighted by atomic mass is 16.3. The van der Waals surface area contributed by atoms with E-state index in [1.165, 1.54) is 0 Å². The molecule has 2 nitrogen and oxygen atoms in total. The quantitative estimate of drug-likeness (QED) is 0.711. The predicted octanol–water partition coefficient (Wildman–Crippen LogP) is 4.44. The van der Waals surface area contributed by atoms with Crippen LogP contribution in [0.1, 0.15) is 43.5 Å². The highest BCUT2D eigenvalue weighted by Gasteiger charge is 2.12. The van der Waals surface area contributed by atoms with Crippen molar-refractivity contribution >= 4 is 16.8 Å². The summed E-state index contributed by atoms with van der Waals surface area (Å²) in [7, 11) is 0. The van der Waals surface area contributed by atoms with E-state index in [0.717, 1.165) is 29.4 Å². The lowest BCUT2D eigenvalue weighted by molar-refractivity contribution is 0.0979. The zero-order chi connectivity index (χ0) is 12.3. The van der Waals surface area contributed by atoms with Crippen LogP contribution in [0.4, 0.5) is 0 Å². The van der Waals surface area contributed by atoms with E-state index in [1.54, 1.807) is 6.26 Å². The molecular formula is C15H18O2. The first-order valence-electron chi connectivity index (χ1n) is 6.18. The zero-order valence-corrected chi connectivity index (χ0v) is 10.4. The fraction of sp³-hybridized carbons (Fsp3) is 0.400. The SMILES string of the molecule is CC(C)CCCC(=O)c1coc2ccccc12. The molecule has 1 heterocycles. The summed E-state index contributed by atoms with van der Waals surface area (Å²) in [5, 5.41) is 0.932. The molecule has 90 valence electrons. The molecule has 0 aliphatic heterocycles. The van der Waals surface area contributed by atoms with E-state index in [-0.39, 0.29) is 5.78 Å². The molecular weight excluding hydrogens is 212 g/mol. The number of furan rings is 1. The average molecular weight is 230 g/mol. The Bertz CT molecular complexity index is 508. The molecule has 0 saturated heterocycles. The lowest BCUT2D eigenvalue weighted by atomic mass is 10.0. The van der Waals surface area contributed by atoms with Gasteiger partial charge in [-0.2, -0.15) is 0 Å². The van der Waals surface area contributed by atoms with Gasteiger partial charge in [0.05, 0.1) is 5.56 Å². The fourth-order valence-electron chi connectivity index (χ4n) is 2.00. The zero-order valence-electron chi connectivity index (χ0n) is 10.4. The third-order valence-corrected chi connectivity index (χ3v) is 2.97. The van der Waals surface area contributed by atoms with E-state index in [9.17, 15) is 4.79 Å². The van der Waals surface area contributed by atoms with Gasteiger partial charge in [0.15, 0.2) is 5.78 Å². The van der Waals surface area contributed by atoms with Crippen molar-refractivity contribution in [3.05, 3.63) is 36.1 Å². The Morgan fingerprint density at radius 1 is 1.29 bits per heavy atom. The highest BCUT2D eigenvalue weighted by Crippen LogP contribution is 2.22. The number of carbonyl (C=O) groups is 1. The molecule has 0 aliphatic rings. The van der Waals surface area contributed by atoms with Gasteiger partial charge < -0.3 is 4.42 Å². The van der Waals surface area contributed by atoms with Crippen molar-refractivity contribution in [1.82, 2.24) is 0 Å². The van der Waals surface area contributed by atoms with Crippen LogP contribution in [0.3, 0.4) is 0 Å². The summed E-state index contributed by atoms with van der Waals surface area (Å²) in [4.78, 5) is 12.0. The number of ketones is 1. The van der Waals surface area contributed by atoms with Gasteiger partial charge in [-0.05, 0) is 18.4 Å². The average Bonchev–Trinajstić information content (AvgIpc) is 2.72. The maximum atomic E-state index is 12.0. The van der Waals surface area contributed by atoms with Crippen LogP contribution in [0.5, 0.6) is 0 Å². The smallest absolute Gasteiger partial charge is 0.166 e. The molecule has 2 rings (SSSR count). The van der Waals surface area contributed by atoms with Gasteiger partial charge in [-0.25, -0.2) is 0 Å². The summed E-state index contributed by atoms with van der Waals surface area (Å²) in [6, 6.07) is 7.68. The molecule has 0 atom stereocenters. The van der Waals surface area contributed by atoms with Crippen LogP contribution < -0.4 is 0 Å². The number of hydrogen-bond acceptors (Lipinski definition) is 2. The summed E-state index contributed by atoms with van der Waals surface area (Å²) < 4.78 is 5.38. The fourth-order valence-corrected chi connectivity index (χ4v) is 2.00. The number of fused-ring (bicyclic) bond motifs is 1. The van der Waals surface area contributed by atoms with Crippen molar-refractivity contribution in [3.8, 4) is 0 Å². The standard InChI is InChI=1S/C15H18O2/c1-11(2)6-5-8-14(16)13-10-17-15-9-4-3-7-12(13)15/h3-4,7,9-11H,5-6,8H2,1-2H3. The first-order valence-corrected chi connectivity index (χ1v) is 6.18. The number of rotatable bonds is 5. The topological polar surface area (TPSA) is 30.2 Å². The molecule has 0 fully saturated rings. The van der Waals surface area contributed by atoms with Crippen molar-refractivity contribution in [2.45, 2.75) is 33.1 Å². The van der Waals surface area contributed by atoms with Gasteiger partial charge >= 0.3 is 0 Å². The summed E-state index contributed by atoms with van der Waals surface area (Å²) in [6.07, 6.45) is 4.25. The van der Waals surface area contributed by atoms with Crippen LogP contribution in [0.25, 0.3) is 11.0 Å². The predicted molar refractivity (Wildman–Crippen MR) is 69.2 cm³/mol. The Balaban J connectivity index is 2.09. The summed E-state index contributed by atoms with van der Waals surface area (Å²) >= 11 is 0. The van der Waals surface area contributed by atoms with Gasteiger partial charge in [-0.15, -0.1) is 0 Å². The number of para-hydroxylation sites is 1. The van der Waals surface area contributed by atoms with Crippen LogP contribution in [0, 0.1) is 5.92 Å². The summed E-state index contributed by atoms with van der Waals surface area (Å²) in [6.45, 7) is 4.36. The highest BCUT2D eigenvalue weighted by molar-refractivity contribution is 6.06. The van der Waals surface area contributed by atoms with Gasteiger partial charge in [-0.3, -0.25) is 4.79 Å². The lowest BCUT2D eigenvalue weighted by Crippen LogP contribution is -1.99. The molecule has 0 spiro atoms. The Morgan fingerprint density at radius 3 is 2.82 bits per heavy atom. The molecule has 0 unspecified atom stereocenters. The molecule has 0 N–H and O–H groups in total. The van der Waals surface area contributed by atoms with Gasteiger partial charge in [-0.1, -0.05) is 38.5 Å². The maximum Gasteiger partial charge on any atom is 0.166 e. The number of Topliss-reactive ketones (excluding diaryl/α,β-unsaturated/α-hetero) is 1. The summed E-state index contributed by atoms with van der Waals surface area (Å²) in [5.41, 5.74) is 1.52. The van der Waals surface area contributed by atoms with E-state index < -0.39 is 0 Å². The van der Waals surface area contributed by atoms with Crippen molar-refractivity contribution in [1.29, 1.82) is 0 Å². The molecule has 0 saturated carbocycles. The molecule has 0 bridgehead atoms. The minimum atomic E-state index is 0.190. The third-order valence-electron chi connectivity index (χ3n) is 2.97. The molecule has 0 amide bonds. The van der Waals surface area contributed by atoms with Crippen LogP contribution >= 0.6 is 0 Å². The Labute approximate surface area is 102 Å². The molecule has 2 heteroatoms. The second kappa shape index (κ2) is 5.17. The second-order valence-electron chi connectivity index (χ2n) is 4.85. The Hall–Kier alpha value is -1.57. The van der Waals surface area contributed by atoms with E-state index in [0.29, 0.717) is 12.3 Å². The molecule has 0 radical (unpaired) electrons. The van der Waals surface area contributed by atoms with Gasteiger partial charge in [0.25, 0.3) is 0 Å². The minimum Gasteiger partial charge on any atom is -0.464 e. The van der Waals surface area contributed by atoms with Gasteiger partial charge in [0, 0.05) is 11.8 Å². The molecule has 17 heavy (non-hydrogen) atoms. The number of hydrogen-bond donors (Lipinski definition) is 0. The molecule has 2 aromatic rings. The largest absolute Gasteiger partial charge is 0.464 e. The number of benzene rings is 1. The van der Waals surface area contributed by atoms with Crippen LogP contribution in [0.15, 0.2) is 34.9 Å². The van der Waals surface area contributed by atoms with Crippen molar-refractivity contribution in [2.75, 3.05) is 0 Å². The lowest BCUT2D eigenvalue weighted by Gasteiger charge is -2.02. The Kier molecular flexibility index (Phi) is 3.62. The van der Waals surface area contributed by atoms with Gasteiger partial charge in [0.2, 0.25) is 0 Å². The van der Waals surface area contributed by atoms with Crippen LogP contribution in [-0.4, -0.2) is 5.78 Å². The summed E-state index contributed by atoms with van der Waals surface area (Å²) in [5.74, 6) is 0.847. The minimum absolute atomic E-state index is 0.190. The van der Waals surface area contributed by atoms with Crippen molar-refractivity contribution in [2.24, 2.45) is 5.92 Å².